The van der Waals surface area contributed by atoms with Crippen LogP contribution in [-0.4, -0.2) is 40.4 Å². The van der Waals surface area contributed by atoms with Gasteiger partial charge in [0, 0.05) is 26.0 Å². The van der Waals surface area contributed by atoms with Crippen LogP contribution in [-0.2, 0) is 0 Å². The van der Waals surface area contributed by atoms with Gasteiger partial charge in [0.15, 0.2) is 0 Å². The second-order valence-corrected chi connectivity index (χ2v) is 2.65. The molecule has 0 aromatic heterocycles. The zero-order valence-electron chi connectivity index (χ0n) is 7.83. The summed E-state index contributed by atoms with van der Waals surface area (Å²) in [5.74, 6) is 0. The molecule has 0 unspecified atom stereocenters. The van der Waals surface area contributed by atoms with Crippen LogP contribution in [0.15, 0.2) is 12.4 Å². The maximum absolute atomic E-state index is 8.36. The van der Waals surface area contributed by atoms with Crippen molar-refractivity contribution >= 4 is 0 Å². The SMILES string of the molecule is CN1C=CN(CCC#N)C1.O=[N+]([O-])O. The van der Waals surface area contributed by atoms with Crippen molar-refractivity contribution in [1.29, 1.82) is 5.26 Å². The van der Waals surface area contributed by atoms with Crippen molar-refractivity contribution in [3.8, 4) is 6.07 Å². The first-order valence-electron chi connectivity index (χ1n) is 3.89. The van der Waals surface area contributed by atoms with Crippen LogP contribution in [0.5, 0.6) is 0 Å². The normalized spacial score (nSPS) is 13.1. The van der Waals surface area contributed by atoms with Gasteiger partial charge in [-0.2, -0.15) is 5.26 Å². The van der Waals surface area contributed by atoms with Gasteiger partial charge in [-0.1, -0.05) is 0 Å². The lowest BCUT2D eigenvalue weighted by Crippen LogP contribution is -2.22. The predicted molar refractivity (Wildman–Crippen MR) is 47.5 cm³/mol. The van der Waals surface area contributed by atoms with Crippen molar-refractivity contribution in [2.45, 2.75) is 6.42 Å². The number of rotatable bonds is 2. The van der Waals surface area contributed by atoms with Gasteiger partial charge in [-0.05, 0) is 0 Å². The molecule has 7 nitrogen and oxygen atoms in total. The van der Waals surface area contributed by atoms with Crippen molar-refractivity contribution in [2.75, 3.05) is 20.3 Å². The summed E-state index contributed by atoms with van der Waals surface area (Å²) in [7, 11) is 2.02. The average Bonchev–Trinajstić information content (AvgIpc) is 2.47. The van der Waals surface area contributed by atoms with E-state index in [1.54, 1.807) is 0 Å². The van der Waals surface area contributed by atoms with Gasteiger partial charge in [-0.25, -0.2) is 0 Å². The maximum atomic E-state index is 8.36. The van der Waals surface area contributed by atoms with Crippen LogP contribution in [0.4, 0.5) is 0 Å². The van der Waals surface area contributed by atoms with E-state index in [9.17, 15) is 0 Å². The smallest absolute Gasteiger partial charge is 0.291 e. The Bertz CT molecular complexity index is 244. The second-order valence-electron chi connectivity index (χ2n) is 2.65. The first-order chi connectivity index (χ1) is 6.56. The monoisotopic (exact) mass is 200 g/mol. The van der Waals surface area contributed by atoms with Crippen molar-refractivity contribution < 1.29 is 10.3 Å². The quantitative estimate of drug-likeness (QED) is 0.506. The number of hydrogen-bond donors (Lipinski definition) is 1. The molecule has 0 fully saturated rings. The fourth-order valence-corrected chi connectivity index (χ4v) is 0.928. The lowest BCUT2D eigenvalue weighted by Gasteiger charge is -2.15. The van der Waals surface area contributed by atoms with Crippen molar-refractivity contribution in [3.05, 3.63) is 22.5 Å². The molecule has 0 saturated heterocycles. The minimum absolute atomic E-state index is 0.609. The minimum atomic E-state index is -1.50. The highest BCUT2D eigenvalue weighted by molar-refractivity contribution is 4.89. The van der Waals surface area contributed by atoms with Crippen LogP contribution in [0.2, 0.25) is 0 Å². The Morgan fingerprint density at radius 3 is 2.64 bits per heavy atom. The Kier molecular flexibility index (Phi) is 5.62. The van der Waals surface area contributed by atoms with Crippen LogP contribution in [0.25, 0.3) is 0 Å². The summed E-state index contributed by atoms with van der Waals surface area (Å²) in [5, 5.41) is 21.9. The van der Waals surface area contributed by atoms with Gasteiger partial charge in [-0.3, -0.25) is 0 Å². The molecule has 0 aromatic carbocycles. The van der Waals surface area contributed by atoms with Gasteiger partial charge in [0.05, 0.1) is 19.2 Å². The third-order valence-electron chi connectivity index (χ3n) is 1.45. The lowest BCUT2D eigenvalue weighted by atomic mass is 10.4. The largest absolute Gasteiger partial charge is 0.362 e. The lowest BCUT2D eigenvalue weighted by molar-refractivity contribution is -0.742. The molecule has 78 valence electrons. The minimum Gasteiger partial charge on any atom is -0.362 e. The fourth-order valence-electron chi connectivity index (χ4n) is 0.928. The number of hydrogen-bond acceptors (Lipinski definition) is 5. The van der Waals surface area contributed by atoms with Gasteiger partial charge in [0.2, 0.25) is 0 Å². The van der Waals surface area contributed by atoms with Gasteiger partial charge in [0.1, 0.15) is 0 Å². The highest BCUT2D eigenvalue weighted by Gasteiger charge is 2.05. The number of nitriles is 1. The molecule has 7 heteroatoms. The summed E-state index contributed by atoms with van der Waals surface area (Å²) in [6.45, 7) is 1.76. The Morgan fingerprint density at radius 1 is 1.71 bits per heavy atom. The van der Waals surface area contributed by atoms with Crippen molar-refractivity contribution in [3.63, 3.8) is 0 Å². The van der Waals surface area contributed by atoms with Gasteiger partial charge in [-0.15, -0.1) is 10.1 Å². The molecule has 0 radical (unpaired) electrons. The molecular formula is C7H12N4O3. The van der Waals surface area contributed by atoms with E-state index < -0.39 is 5.09 Å². The van der Waals surface area contributed by atoms with Gasteiger partial charge >= 0.3 is 0 Å². The molecule has 0 bridgehead atoms. The third-order valence-corrected chi connectivity index (χ3v) is 1.45. The van der Waals surface area contributed by atoms with E-state index >= 15 is 0 Å². The molecule has 1 rings (SSSR count). The van der Waals surface area contributed by atoms with Crippen LogP contribution in [0.3, 0.4) is 0 Å². The molecule has 1 aliphatic heterocycles. The van der Waals surface area contributed by atoms with Crippen molar-refractivity contribution in [2.24, 2.45) is 0 Å². The predicted octanol–water partition coefficient (Wildman–Crippen LogP) is 0.228. The molecule has 0 aromatic rings. The van der Waals surface area contributed by atoms with E-state index in [-0.39, 0.29) is 0 Å². The van der Waals surface area contributed by atoms with Crippen LogP contribution in [0.1, 0.15) is 6.42 Å². The standard InChI is InChI=1S/C7H11N3.HNO3/c1-9-5-6-10(7-9)4-2-3-8;2-1(3)4/h5-6H,2,4,7H2,1H3;(H,2,3,4). The molecule has 14 heavy (non-hydrogen) atoms. The molecule has 1 N–H and O–H groups in total. The Labute approximate surface area is 81.6 Å². The fraction of sp³-hybridized carbons (Fsp3) is 0.571. The summed E-state index contributed by atoms with van der Waals surface area (Å²) in [5.41, 5.74) is 0. The van der Waals surface area contributed by atoms with Crippen LogP contribution >= 0.6 is 0 Å². The van der Waals surface area contributed by atoms with Gasteiger partial charge in [0.25, 0.3) is 5.09 Å². The molecule has 0 aliphatic carbocycles. The van der Waals surface area contributed by atoms with E-state index in [0.717, 1.165) is 13.2 Å². The third kappa shape index (κ3) is 6.72. The van der Waals surface area contributed by atoms with E-state index in [0.29, 0.717) is 6.42 Å². The van der Waals surface area contributed by atoms with Crippen LogP contribution in [0, 0.1) is 21.4 Å². The molecule has 1 heterocycles. The molecule has 0 saturated carbocycles. The van der Waals surface area contributed by atoms with E-state index in [4.69, 9.17) is 20.6 Å². The first-order valence-corrected chi connectivity index (χ1v) is 3.89. The number of nitrogens with zero attached hydrogens (tertiary/aromatic N) is 4. The highest BCUT2D eigenvalue weighted by atomic mass is 16.9. The Balaban J connectivity index is 0.000000364. The molecule has 1 aliphatic rings. The zero-order valence-corrected chi connectivity index (χ0v) is 7.83. The topological polar surface area (TPSA) is 93.6 Å². The summed E-state index contributed by atoms with van der Waals surface area (Å²) in [6.07, 6.45) is 4.63. The van der Waals surface area contributed by atoms with Crippen molar-refractivity contribution in [1.82, 2.24) is 9.80 Å². The summed E-state index contributed by atoms with van der Waals surface area (Å²) in [6, 6.07) is 2.12. The summed E-state index contributed by atoms with van der Waals surface area (Å²) >= 11 is 0. The van der Waals surface area contributed by atoms with E-state index in [1.165, 1.54) is 0 Å². The van der Waals surface area contributed by atoms with E-state index in [2.05, 4.69) is 15.9 Å². The zero-order chi connectivity index (χ0) is 11.0. The Morgan fingerprint density at radius 2 is 2.29 bits per heavy atom. The summed E-state index contributed by atoms with van der Waals surface area (Å²) in [4.78, 5) is 12.6. The van der Waals surface area contributed by atoms with Crippen LogP contribution < -0.4 is 0 Å². The molecule has 0 spiro atoms. The maximum Gasteiger partial charge on any atom is 0.291 e. The Hall–Kier alpha value is -1.97. The van der Waals surface area contributed by atoms with Gasteiger partial charge < -0.3 is 15.0 Å². The van der Waals surface area contributed by atoms with E-state index in [1.807, 2.05) is 19.4 Å². The average molecular weight is 200 g/mol. The first kappa shape index (κ1) is 12.0. The summed E-state index contributed by atoms with van der Waals surface area (Å²) < 4.78 is 0. The molecule has 0 amide bonds. The second kappa shape index (κ2) is 6.54. The molecular weight excluding hydrogens is 188 g/mol. The highest BCUT2D eigenvalue weighted by Crippen LogP contribution is 2.02. The molecule has 0 atom stereocenters.